The maximum atomic E-state index is 12.7. The second kappa shape index (κ2) is 8.14. The number of amides is 2. The molecule has 1 aromatic heterocycles. The predicted molar refractivity (Wildman–Crippen MR) is 97.3 cm³/mol. The normalized spacial score (nSPS) is 16.4. The molecule has 0 bridgehead atoms. The molecule has 8 heteroatoms. The van der Waals surface area contributed by atoms with Gasteiger partial charge in [-0.15, -0.1) is 23.1 Å². The summed E-state index contributed by atoms with van der Waals surface area (Å²) >= 11 is 3.09. The van der Waals surface area contributed by atoms with Gasteiger partial charge < -0.3 is 10.2 Å². The maximum Gasteiger partial charge on any atom is 0.255 e. The van der Waals surface area contributed by atoms with Crippen LogP contribution in [0.1, 0.15) is 21.6 Å². The van der Waals surface area contributed by atoms with E-state index in [4.69, 9.17) is 5.26 Å². The number of nitrogens with one attached hydrogen (secondary N) is 1. The summed E-state index contributed by atoms with van der Waals surface area (Å²) in [6, 6.07) is 8.03. The molecule has 2 amide bonds. The van der Waals surface area contributed by atoms with E-state index in [0.29, 0.717) is 35.7 Å². The number of thiazole rings is 1. The summed E-state index contributed by atoms with van der Waals surface area (Å²) in [5, 5.41) is 13.7. The molecule has 1 saturated heterocycles. The third kappa shape index (κ3) is 4.18. The second-order valence-corrected chi connectivity index (χ2v) is 7.22. The predicted octanol–water partition coefficient (Wildman–Crippen LogP) is 1.89. The van der Waals surface area contributed by atoms with Crippen LogP contribution in [0, 0.1) is 11.3 Å². The number of nitriles is 1. The molecule has 6 nitrogen and oxygen atoms in total. The van der Waals surface area contributed by atoms with E-state index in [-0.39, 0.29) is 11.8 Å². The van der Waals surface area contributed by atoms with E-state index in [1.165, 1.54) is 11.3 Å². The van der Waals surface area contributed by atoms with E-state index >= 15 is 0 Å². The Morgan fingerprint density at radius 1 is 1.36 bits per heavy atom. The van der Waals surface area contributed by atoms with Crippen LogP contribution in [0.4, 0.5) is 0 Å². The van der Waals surface area contributed by atoms with Gasteiger partial charge in [-0.1, -0.05) is 0 Å². The molecule has 0 saturated carbocycles. The van der Waals surface area contributed by atoms with Crippen LogP contribution in [-0.4, -0.2) is 45.9 Å². The fourth-order valence-corrected chi connectivity index (χ4v) is 4.25. The Morgan fingerprint density at radius 3 is 2.84 bits per heavy atom. The van der Waals surface area contributed by atoms with Gasteiger partial charge in [-0.3, -0.25) is 9.59 Å². The highest BCUT2D eigenvalue weighted by atomic mass is 32.2. The zero-order valence-electron chi connectivity index (χ0n) is 13.3. The van der Waals surface area contributed by atoms with Crippen molar-refractivity contribution in [2.75, 3.05) is 18.2 Å². The Bertz CT molecular complexity index is 784. The molecule has 0 radical (unpaired) electrons. The van der Waals surface area contributed by atoms with Crippen molar-refractivity contribution in [1.82, 2.24) is 15.2 Å². The van der Waals surface area contributed by atoms with E-state index in [9.17, 15) is 9.59 Å². The average Bonchev–Trinajstić information content (AvgIpc) is 3.33. The maximum absolute atomic E-state index is 12.7. The fourth-order valence-electron chi connectivity index (χ4n) is 2.51. The van der Waals surface area contributed by atoms with Gasteiger partial charge in [0.05, 0.1) is 28.7 Å². The van der Waals surface area contributed by atoms with Gasteiger partial charge in [0, 0.05) is 29.7 Å². The SMILES string of the molecule is N#Cc1ccc(C(=O)N2CSC[C@@H]2C(=O)NCCc2cscn2)cc1. The fraction of sp³-hybridized carbons (Fsp3) is 0.294. The van der Waals surface area contributed by atoms with Crippen molar-refractivity contribution in [2.45, 2.75) is 12.5 Å². The first kappa shape index (κ1) is 17.5. The molecule has 1 fully saturated rings. The van der Waals surface area contributed by atoms with Gasteiger partial charge in [0.1, 0.15) is 6.04 Å². The summed E-state index contributed by atoms with van der Waals surface area (Å²) < 4.78 is 0. The smallest absolute Gasteiger partial charge is 0.255 e. The zero-order valence-corrected chi connectivity index (χ0v) is 15.0. The van der Waals surface area contributed by atoms with E-state index in [1.807, 2.05) is 11.4 Å². The Morgan fingerprint density at radius 2 is 2.16 bits per heavy atom. The van der Waals surface area contributed by atoms with Crippen molar-refractivity contribution >= 4 is 34.9 Å². The van der Waals surface area contributed by atoms with E-state index < -0.39 is 6.04 Å². The molecule has 2 heterocycles. The highest BCUT2D eigenvalue weighted by Crippen LogP contribution is 2.23. The molecular weight excluding hydrogens is 356 g/mol. The summed E-state index contributed by atoms with van der Waals surface area (Å²) in [6.45, 7) is 0.503. The van der Waals surface area contributed by atoms with Gasteiger partial charge in [-0.25, -0.2) is 4.98 Å². The van der Waals surface area contributed by atoms with Crippen LogP contribution in [0.3, 0.4) is 0 Å². The minimum Gasteiger partial charge on any atom is -0.354 e. The number of carbonyl (C=O) groups excluding carboxylic acids is 2. The van der Waals surface area contributed by atoms with Crippen molar-refractivity contribution in [1.29, 1.82) is 5.26 Å². The molecule has 0 aliphatic carbocycles. The third-order valence-electron chi connectivity index (χ3n) is 3.87. The molecule has 1 N–H and O–H groups in total. The monoisotopic (exact) mass is 372 g/mol. The molecular formula is C17H16N4O2S2. The first-order chi connectivity index (χ1) is 12.2. The Kier molecular flexibility index (Phi) is 5.68. The molecule has 0 unspecified atom stereocenters. The number of nitrogens with zero attached hydrogens (tertiary/aromatic N) is 3. The van der Waals surface area contributed by atoms with Crippen molar-refractivity contribution in [2.24, 2.45) is 0 Å². The lowest BCUT2D eigenvalue weighted by Gasteiger charge is -2.23. The molecule has 1 aromatic carbocycles. The van der Waals surface area contributed by atoms with Crippen LogP contribution >= 0.6 is 23.1 Å². The van der Waals surface area contributed by atoms with Gasteiger partial charge in [0.15, 0.2) is 0 Å². The number of aromatic nitrogens is 1. The number of carbonyl (C=O) groups is 2. The lowest BCUT2D eigenvalue weighted by atomic mass is 10.1. The van der Waals surface area contributed by atoms with Crippen molar-refractivity contribution in [3.05, 3.63) is 52.0 Å². The average molecular weight is 372 g/mol. The number of hydrogen-bond donors (Lipinski definition) is 1. The first-order valence-electron chi connectivity index (χ1n) is 7.72. The van der Waals surface area contributed by atoms with Gasteiger partial charge in [0.25, 0.3) is 5.91 Å². The molecule has 2 aromatic rings. The Balaban J connectivity index is 1.59. The summed E-state index contributed by atoms with van der Waals surface area (Å²) in [4.78, 5) is 30.9. The minimum absolute atomic E-state index is 0.137. The molecule has 25 heavy (non-hydrogen) atoms. The minimum atomic E-state index is -0.469. The van der Waals surface area contributed by atoms with Crippen LogP contribution < -0.4 is 5.32 Å². The highest BCUT2D eigenvalue weighted by Gasteiger charge is 2.34. The van der Waals surface area contributed by atoms with Gasteiger partial charge in [-0.2, -0.15) is 5.26 Å². The van der Waals surface area contributed by atoms with Gasteiger partial charge >= 0.3 is 0 Å². The Labute approximate surface area is 153 Å². The summed E-state index contributed by atoms with van der Waals surface area (Å²) in [6.07, 6.45) is 0.679. The zero-order chi connectivity index (χ0) is 17.6. The molecule has 1 aliphatic heterocycles. The standard InChI is InChI=1S/C17H16N4O2S2/c18-7-12-1-3-13(4-2-12)17(23)21-11-25-9-15(21)16(22)19-6-5-14-8-24-10-20-14/h1-4,8,10,15H,5-6,9,11H2,(H,19,22)/t15-/m1/s1. The van der Waals surface area contributed by atoms with Gasteiger partial charge in [0.2, 0.25) is 5.91 Å². The van der Waals surface area contributed by atoms with Crippen LogP contribution in [0.5, 0.6) is 0 Å². The van der Waals surface area contributed by atoms with Crippen LogP contribution in [0.2, 0.25) is 0 Å². The Hall–Kier alpha value is -2.37. The lowest BCUT2D eigenvalue weighted by Crippen LogP contribution is -2.47. The summed E-state index contributed by atoms with van der Waals surface area (Å²) in [7, 11) is 0. The largest absolute Gasteiger partial charge is 0.354 e. The number of benzene rings is 1. The second-order valence-electron chi connectivity index (χ2n) is 5.50. The first-order valence-corrected chi connectivity index (χ1v) is 9.82. The summed E-state index contributed by atoms with van der Waals surface area (Å²) in [5.41, 5.74) is 3.71. The number of thioether (sulfide) groups is 1. The lowest BCUT2D eigenvalue weighted by molar-refractivity contribution is -0.124. The van der Waals surface area contributed by atoms with Crippen molar-refractivity contribution < 1.29 is 9.59 Å². The van der Waals surface area contributed by atoms with Crippen LogP contribution in [-0.2, 0) is 11.2 Å². The topological polar surface area (TPSA) is 86.1 Å². The third-order valence-corrected chi connectivity index (χ3v) is 5.52. The van der Waals surface area contributed by atoms with E-state index in [2.05, 4.69) is 10.3 Å². The van der Waals surface area contributed by atoms with Crippen molar-refractivity contribution in [3.8, 4) is 6.07 Å². The van der Waals surface area contributed by atoms with E-state index in [0.717, 1.165) is 5.69 Å². The van der Waals surface area contributed by atoms with Crippen LogP contribution in [0.25, 0.3) is 0 Å². The summed E-state index contributed by atoms with van der Waals surface area (Å²) in [5.74, 6) is 0.754. The quantitative estimate of drug-likeness (QED) is 0.866. The molecule has 1 atom stereocenters. The number of rotatable bonds is 5. The van der Waals surface area contributed by atoms with Crippen LogP contribution in [0.15, 0.2) is 35.2 Å². The molecule has 3 rings (SSSR count). The van der Waals surface area contributed by atoms with E-state index in [1.54, 1.807) is 46.4 Å². The molecule has 0 spiro atoms. The molecule has 128 valence electrons. The highest BCUT2D eigenvalue weighted by molar-refractivity contribution is 7.99. The van der Waals surface area contributed by atoms with Gasteiger partial charge in [-0.05, 0) is 24.3 Å². The molecule has 1 aliphatic rings. The van der Waals surface area contributed by atoms with Crippen molar-refractivity contribution in [3.63, 3.8) is 0 Å². The number of hydrogen-bond acceptors (Lipinski definition) is 6.